The lowest BCUT2D eigenvalue weighted by Crippen LogP contribution is -2.31. The van der Waals surface area contributed by atoms with Crippen molar-refractivity contribution in [3.05, 3.63) is 46.0 Å². The van der Waals surface area contributed by atoms with Crippen LogP contribution < -0.4 is 19.6 Å². The second kappa shape index (κ2) is 11.4. The van der Waals surface area contributed by atoms with Crippen molar-refractivity contribution in [1.82, 2.24) is 4.31 Å². The van der Waals surface area contributed by atoms with Gasteiger partial charge in [-0.1, -0.05) is 13.8 Å². The number of hydrazone groups is 1. The molecule has 0 aliphatic heterocycles. The number of methoxy groups -OCH3 is 2. The highest BCUT2D eigenvalue weighted by molar-refractivity contribution is 7.89. The zero-order chi connectivity index (χ0) is 25.5. The summed E-state index contributed by atoms with van der Waals surface area (Å²) < 4.78 is 42.9. The smallest absolute Gasteiger partial charge is 0.308 e. The fraction of sp³-hybridized carbons (Fsp3) is 0.333. The summed E-state index contributed by atoms with van der Waals surface area (Å²) in [6, 6.07) is 6.52. The van der Waals surface area contributed by atoms with Crippen LogP contribution in [-0.2, 0) is 14.8 Å². The molecule has 13 heteroatoms. The summed E-state index contributed by atoms with van der Waals surface area (Å²) in [5, 5.41) is 15.3. The Morgan fingerprint density at radius 1 is 1.15 bits per heavy atom. The van der Waals surface area contributed by atoms with Crippen LogP contribution in [0.25, 0.3) is 0 Å². The minimum absolute atomic E-state index is 0.0595. The van der Waals surface area contributed by atoms with Gasteiger partial charge in [0.05, 0.1) is 31.0 Å². The van der Waals surface area contributed by atoms with E-state index in [0.717, 1.165) is 6.07 Å². The van der Waals surface area contributed by atoms with E-state index in [1.807, 2.05) is 0 Å². The predicted molar refractivity (Wildman–Crippen MR) is 125 cm³/mol. The Morgan fingerprint density at radius 2 is 1.74 bits per heavy atom. The first-order chi connectivity index (χ1) is 16.1. The molecule has 0 amide bonds. The summed E-state index contributed by atoms with van der Waals surface area (Å²) in [6.45, 7) is 4.97. The van der Waals surface area contributed by atoms with E-state index >= 15 is 0 Å². The van der Waals surface area contributed by atoms with E-state index in [0.29, 0.717) is 5.56 Å². The Hall–Kier alpha value is -3.71. The maximum Gasteiger partial charge on any atom is 0.308 e. The summed E-state index contributed by atoms with van der Waals surface area (Å²) in [4.78, 5) is 21.6. The molecule has 0 fully saturated rings. The molecule has 0 radical (unpaired) electrons. The minimum atomic E-state index is -4.02. The molecule has 2 aromatic carbocycles. The number of carbonyl (C=O) groups excluding carboxylic acids is 1. The third-order valence-corrected chi connectivity index (χ3v) is 6.72. The molecule has 184 valence electrons. The van der Waals surface area contributed by atoms with Crippen LogP contribution in [0.3, 0.4) is 0 Å². The summed E-state index contributed by atoms with van der Waals surface area (Å²) in [7, 11) is -1.24. The standard InChI is InChI=1S/C21H26N4O8S/c1-6-24(7-2)34(29,30)20-12-16(25(27)28)8-9-17(20)23-22-13-15-10-18(31-4)21(33-14(3)26)19(11-15)32-5/h8-13,23H,6-7H2,1-5H3/b22-13+. The second-order valence-corrected chi connectivity index (χ2v) is 8.65. The number of esters is 1. The minimum Gasteiger partial charge on any atom is -0.493 e. The molecule has 2 rings (SSSR count). The van der Waals surface area contributed by atoms with Gasteiger partial charge in [-0.2, -0.15) is 9.41 Å². The summed E-state index contributed by atoms with van der Waals surface area (Å²) in [6.07, 6.45) is 1.36. The lowest BCUT2D eigenvalue weighted by atomic mass is 10.2. The van der Waals surface area contributed by atoms with Crippen LogP contribution in [0.4, 0.5) is 11.4 Å². The number of anilines is 1. The van der Waals surface area contributed by atoms with Crippen LogP contribution in [0.1, 0.15) is 26.3 Å². The molecule has 0 aromatic heterocycles. The molecule has 2 aromatic rings. The molecule has 0 unspecified atom stereocenters. The maximum atomic E-state index is 13.1. The summed E-state index contributed by atoms with van der Waals surface area (Å²) in [5.41, 5.74) is 2.81. The van der Waals surface area contributed by atoms with E-state index in [4.69, 9.17) is 14.2 Å². The zero-order valence-electron chi connectivity index (χ0n) is 19.4. The zero-order valence-corrected chi connectivity index (χ0v) is 20.2. The van der Waals surface area contributed by atoms with Crippen LogP contribution in [0.15, 0.2) is 40.3 Å². The molecule has 1 N–H and O–H groups in total. The molecule has 0 heterocycles. The third kappa shape index (κ3) is 5.99. The highest BCUT2D eigenvalue weighted by atomic mass is 32.2. The third-order valence-electron chi connectivity index (χ3n) is 4.63. The first-order valence-electron chi connectivity index (χ1n) is 10.1. The largest absolute Gasteiger partial charge is 0.493 e. The van der Waals surface area contributed by atoms with Crippen LogP contribution in [0.2, 0.25) is 0 Å². The number of nitro benzene ring substituents is 1. The number of hydrogen-bond acceptors (Lipinski definition) is 10. The van der Waals surface area contributed by atoms with Gasteiger partial charge in [-0.05, 0) is 18.2 Å². The van der Waals surface area contributed by atoms with Gasteiger partial charge >= 0.3 is 5.97 Å². The molecule has 0 bridgehead atoms. The number of ether oxygens (including phenoxy) is 3. The van der Waals surface area contributed by atoms with Gasteiger partial charge in [-0.15, -0.1) is 0 Å². The second-order valence-electron chi connectivity index (χ2n) is 6.75. The Balaban J connectivity index is 2.46. The molecule has 34 heavy (non-hydrogen) atoms. The molecule has 0 atom stereocenters. The highest BCUT2D eigenvalue weighted by Gasteiger charge is 2.27. The van der Waals surface area contributed by atoms with Crippen molar-refractivity contribution in [3.8, 4) is 17.2 Å². The highest BCUT2D eigenvalue weighted by Crippen LogP contribution is 2.38. The van der Waals surface area contributed by atoms with E-state index < -0.39 is 20.9 Å². The van der Waals surface area contributed by atoms with Crippen molar-refractivity contribution in [3.63, 3.8) is 0 Å². The molecule has 0 saturated carbocycles. The lowest BCUT2D eigenvalue weighted by Gasteiger charge is -2.20. The van der Waals surface area contributed by atoms with Gasteiger partial charge in [-0.3, -0.25) is 20.3 Å². The molecule has 0 saturated heterocycles. The number of rotatable bonds is 11. The van der Waals surface area contributed by atoms with Gasteiger partial charge in [-0.25, -0.2) is 8.42 Å². The fourth-order valence-corrected chi connectivity index (χ4v) is 4.65. The van der Waals surface area contributed by atoms with Crippen molar-refractivity contribution in [2.75, 3.05) is 32.7 Å². The van der Waals surface area contributed by atoms with E-state index in [-0.39, 0.29) is 46.6 Å². The first kappa shape index (κ1) is 26.5. The molecule has 0 aliphatic rings. The average molecular weight is 495 g/mol. The molecular weight excluding hydrogens is 468 g/mol. The average Bonchev–Trinajstić information content (AvgIpc) is 2.79. The van der Waals surface area contributed by atoms with E-state index in [2.05, 4.69) is 10.5 Å². The number of nitrogens with zero attached hydrogens (tertiary/aromatic N) is 3. The molecule has 0 spiro atoms. The van der Waals surface area contributed by atoms with E-state index in [1.165, 1.54) is 55.9 Å². The SMILES string of the molecule is CCN(CC)S(=O)(=O)c1cc([N+](=O)[O-])ccc1N/N=C/c1cc(OC)c(OC(C)=O)c(OC)c1. The summed E-state index contributed by atoms with van der Waals surface area (Å²) >= 11 is 0. The normalized spacial score (nSPS) is 11.5. The van der Waals surface area contributed by atoms with Gasteiger partial charge in [0.1, 0.15) is 4.90 Å². The number of carbonyl (C=O) groups is 1. The molecule has 12 nitrogen and oxygen atoms in total. The Labute approximate surface area is 197 Å². The number of sulfonamides is 1. The Morgan fingerprint density at radius 3 is 2.21 bits per heavy atom. The quantitative estimate of drug-likeness (QED) is 0.163. The van der Waals surface area contributed by atoms with Gasteiger partial charge in [0.25, 0.3) is 5.69 Å². The molecular formula is C21H26N4O8S. The number of benzene rings is 2. The number of nitro groups is 1. The predicted octanol–water partition coefficient (Wildman–Crippen LogP) is 3.01. The van der Waals surface area contributed by atoms with Crippen molar-refractivity contribution in [1.29, 1.82) is 0 Å². The van der Waals surface area contributed by atoms with Crippen molar-refractivity contribution in [2.45, 2.75) is 25.7 Å². The van der Waals surface area contributed by atoms with Crippen LogP contribution >= 0.6 is 0 Å². The van der Waals surface area contributed by atoms with E-state index in [1.54, 1.807) is 13.8 Å². The van der Waals surface area contributed by atoms with Crippen molar-refractivity contribution >= 4 is 33.6 Å². The van der Waals surface area contributed by atoms with Crippen molar-refractivity contribution < 1.29 is 32.3 Å². The number of non-ortho nitro benzene ring substituents is 1. The first-order valence-corrected chi connectivity index (χ1v) is 11.5. The van der Waals surface area contributed by atoms with Crippen LogP contribution in [-0.4, -0.2) is 57.1 Å². The van der Waals surface area contributed by atoms with Gasteiger partial charge < -0.3 is 14.2 Å². The van der Waals surface area contributed by atoms with Crippen LogP contribution in [0.5, 0.6) is 17.2 Å². The van der Waals surface area contributed by atoms with E-state index in [9.17, 15) is 23.3 Å². The number of hydrogen-bond donors (Lipinski definition) is 1. The fourth-order valence-electron chi connectivity index (χ4n) is 3.03. The maximum absolute atomic E-state index is 13.1. The lowest BCUT2D eigenvalue weighted by molar-refractivity contribution is -0.385. The number of nitrogens with one attached hydrogen (secondary N) is 1. The van der Waals surface area contributed by atoms with Gasteiger partial charge in [0.15, 0.2) is 11.5 Å². The monoisotopic (exact) mass is 494 g/mol. The summed E-state index contributed by atoms with van der Waals surface area (Å²) in [5.74, 6) is -0.0161. The molecule has 0 aliphatic carbocycles. The van der Waals surface area contributed by atoms with Gasteiger partial charge in [0.2, 0.25) is 15.8 Å². The Kier molecular flexibility index (Phi) is 8.92. The van der Waals surface area contributed by atoms with Gasteiger partial charge in [0, 0.05) is 37.7 Å². The van der Waals surface area contributed by atoms with Crippen molar-refractivity contribution in [2.24, 2.45) is 5.10 Å². The topological polar surface area (TPSA) is 150 Å². The van der Waals surface area contributed by atoms with Crippen LogP contribution in [0, 0.1) is 10.1 Å². The Bertz CT molecular complexity index is 1170.